The Balaban J connectivity index is 0. The molecule has 0 spiro atoms. The quantitative estimate of drug-likeness (QED) is 0.293. The smallest absolute Gasteiger partial charge is 0.271 e. The number of ether oxygens (including phenoxy) is 1. The molecule has 1 saturated heterocycles. The van der Waals surface area contributed by atoms with Gasteiger partial charge in [-0.15, -0.1) is 0 Å². The maximum atomic E-state index is 11.3. The van der Waals surface area contributed by atoms with E-state index in [0.29, 0.717) is 0 Å². The minimum absolute atomic E-state index is 0. The van der Waals surface area contributed by atoms with Crippen LogP contribution in [0.2, 0.25) is 0 Å². The topological polar surface area (TPSA) is 336 Å². The van der Waals surface area contributed by atoms with Gasteiger partial charge in [-0.2, -0.15) is 0 Å². The number of nitrogen functional groups attached to an aromatic ring is 1. The van der Waals surface area contributed by atoms with Crippen molar-refractivity contribution >= 4 is 32.6 Å². The van der Waals surface area contributed by atoms with Gasteiger partial charge in [0.25, 0.3) is 7.82 Å². The Labute approximate surface area is 184 Å². The molecule has 31 heavy (non-hydrogen) atoms. The van der Waals surface area contributed by atoms with Crippen LogP contribution in [0, 0.1) is 0 Å². The van der Waals surface area contributed by atoms with Gasteiger partial charge in [0.15, 0.2) is 17.7 Å². The van der Waals surface area contributed by atoms with Gasteiger partial charge in [-0.1, -0.05) is 0 Å². The summed E-state index contributed by atoms with van der Waals surface area (Å²) in [7, 11) is -11.4. The van der Waals surface area contributed by atoms with E-state index in [0.717, 1.165) is 6.33 Å². The van der Waals surface area contributed by atoms with E-state index in [9.17, 15) is 34.0 Å². The third kappa shape index (κ3) is 7.23. The summed E-state index contributed by atoms with van der Waals surface area (Å²) in [6.45, 7) is -0.931. The number of rotatable bonds is 6. The van der Waals surface area contributed by atoms with Crippen molar-refractivity contribution in [3.05, 3.63) is 12.7 Å². The third-order valence-electron chi connectivity index (χ3n) is 3.60. The molecule has 1 unspecified atom stereocenters. The molecule has 2 aromatic rings. The average Bonchev–Trinajstić information content (AvgIpc) is 3.07. The first kappa shape index (κ1) is 32.1. The molecule has 1 fully saturated rings. The van der Waals surface area contributed by atoms with Gasteiger partial charge in [0, 0.05) is 18.6 Å². The number of phosphoric acid groups is 2. The van der Waals surface area contributed by atoms with Crippen LogP contribution < -0.4 is 20.4 Å². The molecule has 1 radical (unpaired) electrons. The first-order chi connectivity index (χ1) is 12.5. The number of hydrogen-bond acceptors (Lipinski definition) is 14. The van der Waals surface area contributed by atoms with E-state index < -0.39 is 46.8 Å². The Bertz CT molecular complexity index is 943. The summed E-state index contributed by atoms with van der Waals surface area (Å²) in [4.78, 5) is 43.7. The molecule has 0 saturated carbocycles. The summed E-state index contributed by atoms with van der Waals surface area (Å²) >= 11 is 0. The van der Waals surface area contributed by atoms with Gasteiger partial charge in [0.1, 0.15) is 30.2 Å². The SMILES string of the molecule is Nc1ncnc2c1ncn2[C@@H]1O[C@H](COP(=O)([O-])OP(=O)([O-])[O-])[C@@H](O)[C@H]1O.O.O.O.[V]. The zero-order chi connectivity index (χ0) is 20.0. The van der Waals surface area contributed by atoms with Crippen molar-refractivity contribution in [2.45, 2.75) is 24.5 Å². The van der Waals surface area contributed by atoms with Crippen LogP contribution in [0.15, 0.2) is 12.7 Å². The van der Waals surface area contributed by atoms with E-state index in [-0.39, 0.29) is 52.0 Å². The Kier molecular flexibility index (Phi) is 12.1. The van der Waals surface area contributed by atoms with Crippen molar-refractivity contribution in [1.82, 2.24) is 19.5 Å². The Morgan fingerprint density at radius 2 is 1.74 bits per heavy atom. The fourth-order valence-corrected chi connectivity index (χ4v) is 3.96. The van der Waals surface area contributed by atoms with E-state index in [1.165, 1.54) is 10.9 Å². The zero-order valence-electron chi connectivity index (χ0n) is 15.0. The van der Waals surface area contributed by atoms with Gasteiger partial charge in [0.2, 0.25) is 0 Å². The van der Waals surface area contributed by atoms with Gasteiger partial charge in [-0.3, -0.25) is 13.4 Å². The Morgan fingerprint density at radius 1 is 1.13 bits per heavy atom. The maximum Gasteiger partial charge on any atom is 0.271 e. The summed E-state index contributed by atoms with van der Waals surface area (Å²) in [5, 5.41) is 20.2. The van der Waals surface area contributed by atoms with Crippen LogP contribution in [0.25, 0.3) is 11.2 Å². The molecule has 10 N–H and O–H groups in total. The number of aliphatic hydroxyl groups is 2. The summed E-state index contributed by atoms with van der Waals surface area (Å²) in [6.07, 6.45) is -3.48. The van der Waals surface area contributed by atoms with E-state index in [1.807, 2.05) is 0 Å². The summed E-state index contributed by atoms with van der Waals surface area (Å²) in [5.74, 6) is 0.0655. The third-order valence-corrected chi connectivity index (χ3v) is 5.66. The summed E-state index contributed by atoms with van der Waals surface area (Å²) < 4.78 is 35.7. The molecule has 0 aliphatic carbocycles. The predicted molar refractivity (Wildman–Crippen MR) is 88.8 cm³/mol. The number of aliphatic hydroxyl groups excluding tert-OH is 2. The van der Waals surface area contributed by atoms with Crippen LogP contribution in [0.1, 0.15) is 6.23 Å². The molecule has 3 heterocycles. The van der Waals surface area contributed by atoms with Crippen LogP contribution in [0.3, 0.4) is 0 Å². The molecule has 1 aliphatic rings. The number of nitrogens with zero attached hydrogens (tertiary/aromatic N) is 4. The minimum atomic E-state index is -5.85. The molecular formula is C10H18N5O13P2V-3. The van der Waals surface area contributed by atoms with Gasteiger partial charge < -0.3 is 60.9 Å². The van der Waals surface area contributed by atoms with Crippen molar-refractivity contribution in [2.75, 3.05) is 12.3 Å². The number of imidazole rings is 1. The Hall–Kier alpha value is -1.05. The monoisotopic (exact) mass is 529 g/mol. The van der Waals surface area contributed by atoms with Gasteiger partial charge in [-0.25, -0.2) is 15.0 Å². The second-order valence-electron chi connectivity index (χ2n) is 5.40. The van der Waals surface area contributed by atoms with E-state index in [1.54, 1.807) is 0 Å². The number of phosphoric ester groups is 1. The number of hydrogen-bond donors (Lipinski definition) is 3. The van der Waals surface area contributed by atoms with Crippen LogP contribution in [0.5, 0.6) is 0 Å². The first-order valence-electron chi connectivity index (χ1n) is 7.12. The minimum Gasteiger partial charge on any atom is -0.790 e. The molecule has 0 amide bonds. The molecule has 18 nitrogen and oxygen atoms in total. The second kappa shape index (κ2) is 11.7. The molecule has 21 heteroatoms. The number of nitrogens with two attached hydrogens (primary N) is 1. The van der Waals surface area contributed by atoms with Gasteiger partial charge in [-0.05, 0) is 0 Å². The van der Waals surface area contributed by atoms with E-state index in [2.05, 4.69) is 23.8 Å². The normalized spacial score (nSPS) is 24.8. The molecule has 2 aromatic heterocycles. The van der Waals surface area contributed by atoms with Crippen molar-refractivity contribution in [3.63, 3.8) is 0 Å². The first-order valence-corrected chi connectivity index (χ1v) is 10.0. The van der Waals surface area contributed by atoms with Crippen LogP contribution in [0.4, 0.5) is 5.82 Å². The van der Waals surface area contributed by atoms with Gasteiger partial charge in [0.05, 0.1) is 20.8 Å². The molecule has 1 aliphatic heterocycles. The van der Waals surface area contributed by atoms with Crippen molar-refractivity contribution in [3.8, 4) is 0 Å². The molecular weight excluding hydrogens is 511 g/mol. The molecule has 179 valence electrons. The van der Waals surface area contributed by atoms with E-state index in [4.69, 9.17) is 10.5 Å². The summed E-state index contributed by atoms with van der Waals surface area (Å²) in [6, 6.07) is 0. The molecule has 0 aromatic carbocycles. The van der Waals surface area contributed by atoms with E-state index >= 15 is 0 Å². The van der Waals surface area contributed by atoms with Crippen molar-refractivity contribution < 1.29 is 82.6 Å². The largest absolute Gasteiger partial charge is 0.790 e. The second-order valence-corrected chi connectivity index (χ2v) is 8.10. The fourth-order valence-electron chi connectivity index (χ4n) is 2.46. The predicted octanol–water partition coefficient (Wildman–Crippen LogP) is -6.12. The van der Waals surface area contributed by atoms with Gasteiger partial charge >= 0.3 is 0 Å². The van der Waals surface area contributed by atoms with Crippen molar-refractivity contribution in [1.29, 1.82) is 0 Å². The number of aromatic nitrogens is 4. The zero-order valence-corrected chi connectivity index (χ0v) is 18.2. The molecule has 5 atom stereocenters. The molecule has 3 rings (SSSR count). The number of fused-ring (bicyclic) bond motifs is 1. The average molecular weight is 529 g/mol. The van der Waals surface area contributed by atoms with Crippen LogP contribution in [-0.4, -0.2) is 71.1 Å². The van der Waals surface area contributed by atoms with Crippen molar-refractivity contribution in [2.24, 2.45) is 0 Å². The maximum absolute atomic E-state index is 11.3. The van der Waals surface area contributed by atoms with Crippen LogP contribution in [-0.2, 0) is 41.3 Å². The fraction of sp³-hybridized carbons (Fsp3) is 0.500. The summed E-state index contributed by atoms with van der Waals surface area (Å²) in [5.41, 5.74) is 6.04. The molecule has 0 bridgehead atoms. The Morgan fingerprint density at radius 3 is 2.32 bits per heavy atom. The van der Waals surface area contributed by atoms with Crippen LogP contribution >= 0.6 is 15.6 Å². The number of anilines is 1. The standard InChI is InChI=1S/C10H15N5O10P2.3H2O.V/c11-8-5-9(13-2-12-8)15(3-14-5)10-7(17)6(16)4(24-10)1-23-27(21,22)25-26(18,19)20;;;;/h2-4,6-7,10,16-17H,1H2,(H,21,22)(H2,11,12,13)(H2,18,19,20);3*1H2;/p-3/t4-,6-,7-,10-;;;;/m1..../s1.